The molecule has 2 aromatic carbocycles. The zero-order valence-electron chi connectivity index (χ0n) is 16.8. The maximum atomic E-state index is 13.1. The van der Waals surface area contributed by atoms with Gasteiger partial charge in [0.2, 0.25) is 5.91 Å². The molecule has 2 saturated heterocycles. The Morgan fingerprint density at radius 1 is 1.23 bits per heavy atom. The Morgan fingerprint density at radius 3 is 2.53 bits per heavy atom. The molecule has 0 saturated carbocycles. The first-order chi connectivity index (χ1) is 14.4. The number of methoxy groups -OCH3 is 1. The van der Waals surface area contributed by atoms with Gasteiger partial charge in [-0.2, -0.15) is 0 Å². The summed E-state index contributed by atoms with van der Waals surface area (Å²) in [6.07, 6.45) is 7.07. The molecule has 0 spiro atoms. The van der Waals surface area contributed by atoms with Gasteiger partial charge in [0.15, 0.2) is 0 Å². The first kappa shape index (κ1) is 20.5. The molecule has 7 heteroatoms. The average Bonchev–Trinajstić information content (AvgIpc) is 2.99. The number of benzene rings is 2. The van der Waals surface area contributed by atoms with Gasteiger partial charge in [-0.3, -0.25) is 4.79 Å². The lowest BCUT2D eigenvalue weighted by atomic mass is 9.96. The van der Waals surface area contributed by atoms with Crippen LogP contribution in [0.25, 0.3) is 6.08 Å². The molecule has 30 heavy (non-hydrogen) atoms. The van der Waals surface area contributed by atoms with Crippen molar-refractivity contribution >= 4 is 35.0 Å². The molecule has 2 heterocycles. The van der Waals surface area contributed by atoms with Gasteiger partial charge in [0.05, 0.1) is 12.1 Å². The van der Waals surface area contributed by atoms with E-state index < -0.39 is 0 Å². The van der Waals surface area contributed by atoms with Crippen LogP contribution in [0.2, 0.25) is 5.02 Å². The minimum absolute atomic E-state index is 0.00366. The third-order valence-electron chi connectivity index (χ3n) is 5.97. The average molecular weight is 430 g/mol. The molecule has 1 amide bonds. The van der Waals surface area contributed by atoms with Gasteiger partial charge in [0, 0.05) is 41.1 Å². The van der Waals surface area contributed by atoms with E-state index in [1.807, 2.05) is 4.90 Å². The summed E-state index contributed by atoms with van der Waals surface area (Å²) in [6, 6.07) is 10.5. The van der Waals surface area contributed by atoms with E-state index in [4.69, 9.17) is 22.1 Å². The Balaban J connectivity index is 1.42. The summed E-state index contributed by atoms with van der Waals surface area (Å²) in [4.78, 5) is 14.9. The lowest BCUT2D eigenvalue weighted by Gasteiger charge is -2.39. The first-order valence-corrected chi connectivity index (χ1v) is 10.5. The maximum Gasteiger partial charge on any atom is 0.247 e. The molecule has 2 fully saturated rings. The second-order valence-corrected chi connectivity index (χ2v) is 8.31. The van der Waals surface area contributed by atoms with Gasteiger partial charge in [-0.25, -0.2) is 4.39 Å². The predicted octanol–water partition coefficient (Wildman–Crippen LogP) is 4.72. The highest BCUT2D eigenvalue weighted by molar-refractivity contribution is 6.32. The fraction of sp³-hybridized carbons (Fsp3) is 0.348. The number of hydrogen-bond donors (Lipinski definition) is 2. The van der Waals surface area contributed by atoms with E-state index in [0.29, 0.717) is 22.0 Å². The molecule has 0 radical (unpaired) electrons. The number of piperidine rings is 1. The number of anilines is 2. The fourth-order valence-electron chi connectivity index (χ4n) is 4.57. The number of carbonyl (C=O) groups is 1. The summed E-state index contributed by atoms with van der Waals surface area (Å²) in [5.41, 5.74) is 8.13. The molecule has 2 aliphatic rings. The minimum Gasteiger partial charge on any atom is -0.495 e. The number of nitrogens with two attached hydrogens (primary N) is 1. The third-order valence-corrected chi connectivity index (χ3v) is 6.26. The van der Waals surface area contributed by atoms with Crippen LogP contribution in [0.15, 0.2) is 42.5 Å². The molecule has 4 rings (SSSR count). The van der Waals surface area contributed by atoms with Crippen molar-refractivity contribution in [1.29, 1.82) is 0 Å². The van der Waals surface area contributed by atoms with Crippen molar-refractivity contribution in [3.63, 3.8) is 0 Å². The van der Waals surface area contributed by atoms with Gasteiger partial charge in [-0.1, -0.05) is 11.6 Å². The third kappa shape index (κ3) is 4.24. The molecule has 3 atom stereocenters. The van der Waals surface area contributed by atoms with E-state index in [0.717, 1.165) is 31.4 Å². The zero-order valence-corrected chi connectivity index (χ0v) is 17.5. The van der Waals surface area contributed by atoms with Crippen molar-refractivity contribution in [2.75, 3.05) is 18.2 Å². The van der Waals surface area contributed by atoms with Crippen LogP contribution >= 0.6 is 11.6 Å². The number of nitrogen functional groups attached to an aromatic ring is 1. The Kier molecular flexibility index (Phi) is 5.86. The number of carbonyl (C=O) groups excluding carboxylic acids is 1. The summed E-state index contributed by atoms with van der Waals surface area (Å²) in [5.74, 6) is 0.272. The number of ether oxygens (including phenoxy) is 1. The second-order valence-electron chi connectivity index (χ2n) is 7.90. The molecular formula is C23H25ClFN3O2. The van der Waals surface area contributed by atoms with Crippen molar-refractivity contribution in [2.24, 2.45) is 0 Å². The minimum atomic E-state index is -0.244. The Bertz CT molecular complexity index is 950. The highest BCUT2D eigenvalue weighted by Gasteiger charge is 2.42. The van der Waals surface area contributed by atoms with Gasteiger partial charge < -0.3 is 20.7 Å². The van der Waals surface area contributed by atoms with E-state index in [-0.39, 0.29) is 29.8 Å². The lowest BCUT2D eigenvalue weighted by molar-refractivity contribution is -0.130. The normalized spacial score (nSPS) is 23.0. The first-order valence-electron chi connectivity index (χ1n) is 10.1. The van der Waals surface area contributed by atoms with E-state index in [1.165, 1.54) is 19.2 Å². The van der Waals surface area contributed by atoms with Crippen LogP contribution in [0.1, 0.15) is 31.2 Å². The Morgan fingerprint density at radius 2 is 1.90 bits per heavy atom. The monoisotopic (exact) mass is 429 g/mol. The smallest absolute Gasteiger partial charge is 0.247 e. The van der Waals surface area contributed by atoms with E-state index in [2.05, 4.69) is 5.32 Å². The molecule has 3 N–H and O–H groups in total. The van der Waals surface area contributed by atoms with Crippen LogP contribution < -0.4 is 15.8 Å². The molecule has 2 bridgehead atoms. The van der Waals surface area contributed by atoms with Gasteiger partial charge in [-0.05, 0) is 68.2 Å². The standard InChI is InChI=1S/C23H25ClFN3O2/c1-30-22-10-14(21(26)13-20(22)24)2-9-23(29)28-18-7-8-19(28)12-17(11-18)27-16-5-3-15(25)4-6-16/h2-6,9-10,13,17-19,27H,7-8,11-12,26H2,1H3/b9-2+/t17-,18+,19-. The number of rotatable bonds is 5. The summed E-state index contributed by atoms with van der Waals surface area (Å²) >= 11 is 6.08. The van der Waals surface area contributed by atoms with Crippen LogP contribution in [-0.4, -0.2) is 36.0 Å². The van der Waals surface area contributed by atoms with E-state index in [1.54, 1.807) is 36.4 Å². The maximum absolute atomic E-state index is 13.1. The van der Waals surface area contributed by atoms with Crippen LogP contribution in [0.3, 0.4) is 0 Å². The number of fused-ring (bicyclic) bond motifs is 2. The van der Waals surface area contributed by atoms with Crippen LogP contribution in [-0.2, 0) is 4.79 Å². The molecule has 0 aromatic heterocycles. The topological polar surface area (TPSA) is 67.6 Å². The quantitative estimate of drug-likeness (QED) is 0.533. The van der Waals surface area contributed by atoms with Crippen molar-refractivity contribution in [1.82, 2.24) is 4.90 Å². The lowest BCUT2D eigenvalue weighted by Crippen LogP contribution is -2.49. The number of halogens is 2. The zero-order chi connectivity index (χ0) is 21.3. The number of hydrogen-bond acceptors (Lipinski definition) is 4. The number of nitrogens with one attached hydrogen (secondary N) is 1. The highest BCUT2D eigenvalue weighted by Crippen LogP contribution is 2.37. The van der Waals surface area contributed by atoms with Crippen molar-refractivity contribution < 1.29 is 13.9 Å². The fourth-order valence-corrected chi connectivity index (χ4v) is 4.82. The van der Waals surface area contributed by atoms with Gasteiger partial charge in [-0.15, -0.1) is 0 Å². The molecule has 0 aliphatic carbocycles. The van der Waals surface area contributed by atoms with Gasteiger partial charge >= 0.3 is 0 Å². The van der Waals surface area contributed by atoms with Crippen LogP contribution in [0.5, 0.6) is 5.75 Å². The Labute approximate surface area is 180 Å². The van der Waals surface area contributed by atoms with E-state index in [9.17, 15) is 9.18 Å². The van der Waals surface area contributed by atoms with Crippen LogP contribution in [0.4, 0.5) is 15.8 Å². The predicted molar refractivity (Wildman–Crippen MR) is 118 cm³/mol. The number of amides is 1. The van der Waals surface area contributed by atoms with Crippen molar-refractivity contribution in [2.45, 2.75) is 43.8 Å². The van der Waals surface area contributed by atoms with Crippen molar-refractivity contribution in [3.05, 3.63) is 58.9 Å². The van der Waals surface area contributed by atoms with Crippen LogP contribution in [0, 0.1) is 5.82 Å². The molecule has 5 nitrogen and oxygen atoms in total. The second kappa shape index (κ2) is 8.56. The largest absolute Gasteiger partial charge is 0.495 e. The Hall–Kier alpha value is -2.73. The summed E-state index contributed by atoms with van der Waals surface area (Å²) in [6.45, 7) is 0. The SMILES string of the molecule is COc1cc(/C=C/C(=O)N2[C@@H]3CC[C@H]2C[C@@H](Nc2ccc(F)cc2)C3)c(N)cc1Cl. The molecular weight excluding hydrogens is 405 g/mol. The molecule has 2 aliphatic heterocycles. The van der Waals surface area contributed by atoms with E-state index >= 15 is 0 Å². The molecule has 0 unspecified atom stereocenters. The highest BCUT2D eigenvalue weighted by atomic mass is 35.5. The molecule has 158 valence electrons. The number of nitrogens with zero attached hydrogens (tertiary/aromatic N) is 1. The summed E-state index contributed by atoms with van der Waals surface area (Å²) in [7, 11) is 1.54. The van der Waals surface area contributed by atoms with Gasteiger partial charge in [0.25, 0.3) is 0 Å². The summed E-state index contributed by atoms with van der Waals surface area (Å²) < 4.78 is 18.4. The molecule has 2 aromatic rings. The summed E-state index contributed by atoms with van der Waals surface area (Å²) in [5, 5.41) is 3.92. The van der Waals surface area contributed by atoms with Crippen molar-refractivity contribution in [3.8, 4) is 5.75 Å². The van der Waals surface area contributed by atoms with Gasteiger partial charge in [0.1, 0.15) is 11.6 Å².